The maximum absolute atomic E-state index is 13.6. The average Bonchev–Trinajstić information content (AvgIpc) is 3.39. The Morgan fingerprint density at radius 2 is 1.46 bits per heavy atom. The Morgan fingerprint density at radius 3 is 2.06 bits per heavy atom. The van der Waals surface area contributed by atoms with Crippen molar-refractivity contribution >= 4 is 75.6 Å². The van der Waals surface area contributed by atoms with Gasteiger partial charge in [-0.2, -0.15) is 0 Å². The number of anilines is 1. The van der Waals surface area contributed by atoms with Gasteiger partial charge in [-0.15, -0.1) is 0 Å². The van der Waals surface area contributed by atoms with Crippen LogP contribution in [0, 0.1) is 5.82 Å². The summed E-state index contributed by atoms with van der Waals surface area (Å²) in [5.74, 6) is -3.34. The lowest BCUT2D eigenvalue weighted by molar-refractivity contribution is -0.132. The lowest BCUT2D eigenvalue weighted by Gasteiger charge is -2.25. The van der Waals surface area contributed by atoms with E-state index in [0.29, 0.717) is 59.1 Å². The molecule has 1 saturated heterocycles. The highest BCUT2D eigenvalue weighted by Gasteiger charge is 2.33. The number of nitrogens with zero attached hydrogens (tertiary/aromatic N) is 2. The predicted molar refractivity (Wildman–Crippen MR) is 205 cm³/mol. The topological polar surface area (TPSA) is 241 Å². The summed E-state index contributed by atoms with van der Waals surface area (Å²) in [6.07, 6.45) is 5.29. The van der Waals surface area contributed by atoms with Gasteiger partial charge in [0.2, 0.25) is 17.7 Å². The molecular weight excluding hydrogens is 710 g/mol. The zero-order valence-electron chi connectivity index (χ0n) is 28.9. The van der Waals surface area contributed by atoms with E-state index in [2.05, 4.69) is 20.9 Å². The third-order valence-corrected chi connectivity index (χ3v) is 9.30. The fraction of sp³-hybridized carbons (Fsp3) is 0.400. The van der Waals surface area contributed by atoms with Gasteiger partial charge in [-0.05, 0) is 93.1 Å². The molecule has 0 radical (unpaired) electrons. The summed E-state index contributed by atoms with van der Waals surface area (Å²) in [5, 5.41) is 8.14. The van der Waals surface area contributed by atoms with Gasteiger partial charge in [0.25, 0.3) is 11.8 Å². The van der Waals surface area contributed by atoms with E-state index in [9.17, 15) is 28.4 Å². The molecule has 3 atom stereocenters. The SMILES string of the molecule is CCCC[C@H](NC(=O)[C@H](CCCCN)NC(=O)[C@H](CCCN=C(N)N)NC(=O)c1ccc(/C=C2\SC(=S)N(c3ccc(F)cc3)C2=O)cc1)C(N)=O. The van der Waals surface area contributed by atoms with Gasteiger partial charge in [0, 0.05) is 12.1 Å². The van der Waals surface area contributed by atoms with Gasteiger partial charge >= 0.3 is 0 Å². The van der Waals surface area contributed by atoms with Crippen LogP contribution in [0.15, 0.2) is 58.4 Å². The average molecular weight is 756 g/mol. The van der Waals surface area contributed by atoms with Crippen molar-refractivity contribution < 1.29 is 28.4 Å². The molecule has 52 heavy (non-hydrogen) atoms. The number of benzene rings is 2. The van der Waals surface area contributed by atoms with Crippen LogP contribution in [0.25, 0.3) is 6.08 Å². The molecule has 0 bridgehead atoms. The van der Waals surface area contributed by atoms with E-state index in [4.69, 9.17) is 35.2 Å². The predicted octanol–water partition coefficient (Wildman–Crippen LogP) is 2.16. The van der Waals surface area contributed by atoms with Gasteiger partial charge in [0.1, 0.15) is 23.9 Å². The summed E-state index contributed by atoms with van der Waals surface area (Å²) in [7, 11) is 0. The number of hydrogen-bond acceptors (Lipinski definition) is 9. The Kier molecular flexibility index (Phi) is 16.7. The second-order valence-electron chi connectivity index (χ2n) is 12.0. The molecule has 5 amide bonds. The monoisotopic (exact) mass is 755 g/mol. The van der Waals surface area contributed by atoms with Gasteiger partial charge in [0.05, 0.1) is 10.6 Å². The van der Waals surface area contributed by atoms with E-state index in [1.54, 1.807) is 30.3 Å². The van der Waals surface area contributed by atoms with E-state index in [1.165, 1.54) is 29.2 Å². The van der Waals surface area contributed by atoms with Gasteiger partial charge in [-0.1, -0.05) is 55.9 Å². The second kappa shape index (κ2) is 20.8. The highest BCUT2D eigenvalue weighted by Crippen LogP contribution is 2.36. The van der Waals surface area contributed by atoms with Gasteiger partial charge in [-0.25, -0.2) is 4.39 Å². The Hall–Kier alpha value is -4.87. The Balaban J connectivity index is 1.75. The fourth-order valence-corrected chi connectivity index (χ4v) is 6.48. The number of guanidine groups is 1. The number of hydrogen-bond donors (Lipinski definition) is 7. The number of thiocarbonyl (C=S) groups is 1. The standard InChI is InChI=1S/C35H46FN9O5S2/c1-2-3-7-25(29(38)46)42-31(48)26(8-4-5-18-37)44-32(49)27(9-6-19-41-34(39)40)43-30(47)22-12-10-21(11-13-22)20-28-33(50)45(35(51)52-28)24-16-14-23(36)15-17-24/h10-17,20,25-27H,2-9,18-19,37H2,1H3,(H2,38,46)(H,42,48)(H,43,47)(H,44,49)(H4,39,40,41)/b28-20-/t25-,26-,27-/m0/s1. The first-order chi connectivity index (χ1) is 24.8. The van der Waals surface area contributed by atoms with E-state index >= 15 is 0 Å². The number of rotatable bonds is 20. The van der Waals surface area contributed by atoms with Crippen molar-refractivity contribution in [3.05, 3.63) is 70.4 Å². The number of thioether (sulfide) groups is 1. The number of amides is 5. The normalized spacial score (nSPS) is 15.1. The number of nitrogens with one attached hydrogen (secondary N) is 3. The number of primary amides is 1. The first kappa shape index (κ1) is 41.5. The summed E-state index contributed by atoms with van der Waals surface area (Å²) in [4.78, 5) is 71.1. The molecule has 17 heteroatoms. The van der Waals surface area contributed by atoms with Crippen molar-refractivity contribution in [2.24, 2.45) is 27.9 Å². The Bertz CT molecular complexity index is 1650. The van der Waals surface area contributed by atoms with Crippen LogP contribution in [0.3, 0.4) is 0 Å². The zero-order valence-corrected chi connectivity index (χ0v) is 30.6. The molecule has 0 aliphatic carbocycles. The molecule has 1 fully saturated rings. The summed E-state index contributed by atoms with van der Waals surface area (Å²) in [5.41, 5.74) is 23.3. The van der Waals surface area contributed by atoms with E-state index in [-0.39, 0.29) is 36.8 Å². The molecule has 14 nitrogen and oxygen atoms in total. The van der Waals surface area contributed by atoms with Gasteiger partial charge in [-0.3, -0.25) is 33.9 Å². The van der Waals surface area contributed by atoms with Crippen molar-refractivity contribution in [2.75, 3.05) is 18.0 Å². The second-order valence-corrected chi connectivity index (χ2v) is 13.7. The summed E-state index contributed by atoms with van der Waals surface area (Å²) in [6.45, 7) is 2.53. The zero-order chi connectivity index (χ0) is 38.2. The molecule has 1 aliphatic heterocycles. The largest absolute Gasteiger partial charge is 0.370 e. The highest BCUT2D eigenvalue weighted by molar-refractivity contribution is 8.27. The molecular formula is C35H46FN9O5S2. The quantitative estimate of drug-likeness (QED) is 0.0342. The number of unbranched alkanes of at least 4 members (excludes halogenated alkanes) is 2. The molecule has 3 rings (SSSR count). The minimum Gasteiger partial charge on any atom is -0.370 e. The van der Waals surface area contributed by atoms with Crippen LogP contribution in [-0.2, 0) is 19.2 Å². The maximum atomic E-state index is 13.6. The van der Waals surface area contributed by atoms with Crippen molar-refractivity contribution in [2.45, 2.75) is 76.4 Å². The van der Waals surface area contributed by atoms with Crippen LogP contribution < -0.4 is 43.8 Å². The van der Waals surface area contributed by atoms with Gasteiger partial charge < -0.3 is 38.9 Å². The third-order valence-electron chi connectivity index (χ3n) is 8.00. The third kappa shape index (κ3) is 12.7. The number of aliphatic imine (C=N–C) groups is 1. The summed E-state index contributed by atoms with van der Waals surface area (Å²) < 4.78 is 13.7. The number of carbonyl (C=O) groups excluding carboxylic acids is 5. The molecule has 0 spiro atoms. The first-order valence-electron chi connectivity index (χ1n) is 16.9. The lowest BCUT2D eigenvalue weighted by Crippen LogP contribution is -2.56. The maximum Gasteiger partial charge on any atom is 0.270 e. The molecule has 280 valence electrons. The number of halogens is 1. The van der Waals surface area contributed by atoms with Crippen LogP contribution in [0.5, 0.6) is 0 Å². The molecule has 2 aromatic carbocycles. The van der Waals surface area contributed by atoms with Crippen LogP contribution in [0.4, 0.5) is 10.1 Å². The molecule has 0 saturated carbocycles. The van der Waals surface area contributed by atoms with Crippen LogP contribution in [0.2, 0.25) is 0 Å². The van der Waals surface area contributed by atoms with Gasteiger partial charge in [0.15, 0.2) is 10.3 Å². The molecule has 0 aromatic heterocycles. The molecule has 11 N–H and O–H groups in total. The lowest BCUT2D eigenvalue weighted by atomic mass is 10.0. The smallest absolute Gasteiger partial charge is 0.270 e. The minimum absolute atomic E-state index is 0.119. The van der Waals surface area contributed by atoms with Crippen LogP contribution in [0.1, 0.15) is 74.2 Å². The minimum atomic E-state index is -1.08. The van der Waals surface area contributed by atoms with E-state index in [1.807, 2.05) is 6.92 Å². The molecule has 2 aromatic rings. The Labute approximate surface area is 311 Å². The number of nitrogens with two attached hydrogens (primary N) is 4. The first-order valence-corrected chi connectivity index (χ1v) is 18.2. The Morgan fingerprint density at radius 1 is 0.865 bits per heavy atom. The molecule has 1 heterocycles. The number of carbonyl (C=O) groups is 5. The van der Waals surface area contributed by atoms with Crippen molar-refractivity contribution in [1.29, 1.82) is 0 Å². The van der Waals surface area contributed by atoms with Crippen LogP contribution in [-0.4, -0.2) is 71.0 Å². The molecule has 0 unspecified atom stereocenters. The van der Waals surface area contributed by atoms with Crippen molar-refractivity contribution in [3.63, 3.8) is 0 Å². The van der Waals surface area contributed by atoms with Crippen molar-refractivity contribution in [1.82, 2.24) is 16.0 Å². The van der Waals surface area contributed by atoms with E-state index < -0.39 is 47.6 Å². The van der Waals surface area contributed by atoms with Crippen molar-refractivity contribution in [3.8, 4) is 0 Å². The van der Waals surface area contributed by atoms with E-state index in [0.717, 1.165) is 18.2 Å². The summed E-state index contributed by atoms with van der Waals surface area (Å²) >= 11 is 6.48. The fourth-order valence-electron chi connectivity index (χ4n) is 5.18. The van der Waals surface area contributed by atoms with Crippen LogP contribution >= 0.6 is 24.0 Å². The molecule has 1 aliphatic rings. The highest BCUT2D eigenvalue weighted by atomic mass is 32.2. The summed E-state index contributed by atoms with van der Waals surface area (Å²) in [6, 6.07) is 8.79.